The van der Waals surface area contributed by atoms with Crippen molar-refractivity contribution in [2.24, 2.45) is 0 Å². The van der Waals surface area contributed by atoms with Crippen molar-refractivity contribution in [2.45, 2.75) is 26.2 Å². The molecule has 0 saturated heterocycles. The SMILES string of the molecule is CCCCC#C[SH]1C=CC=C1. The van der Waals surface area contributed by atoms with Gasteiger partial charge >= 0.3 is 0 Å². The highest BCUT2D eigenvalue weighted by molar-refractivity contribution is 8.26. The molecule has 0 N–H and O–H groups in total. The summed E-state index contributed by atoms with van der Waals surface area (Å²) in [5.41, 5.74) is 0. The van der Waals surface area contributed by atoms with E-state index in [9.17, 15) is 0 Å². The molecule has 0 nitrogen and oxygen atoms in total. The van der Waals surface area contributed by atoms with Gasteiger partial charge in [-0.2, -0.15) is 0 Å². The van der Waals surface area contributed by atoms with E-state index in [-0.39, 0.29) is 10.9 Å². The minimum absolute atomic E-state index is 0.184. The van der Waals surface area contributed by atoms with Crippen molar-refractivity contribution < 1.29 is 0 Å². The summed E-state index contributed by atoms with van der Waals surface area (Å²) in [4.78, 5) is 0. The Balaban J connectivity index is 2.21. The van der Waals surface area contributed by atoms with Gasteiger partial charge in [-0.3, -0.25) is 0 Å². The second-order valence-corrected chi connectivity index (χ2v) is 4.12. The molecule has 0 aromatic carbocycles. The van der Waals surface area contributed by atoms with Crippen LogP contribution < -0.4 is 0 Å². The summed E-state index contributed by atoms with van der Waals surface area (Å²) in [5.74, 6) is 3.20. The Morgan fingerprint density at radius 1 is 1.27 bits per heavy atom. The van der Waals surface area contributed by atoms with E-state index in [4.69, 9.17) is 0 Å². The highest BCUT2D eigenvalue weighted by atomic mass is 32.2. The smallest absolute Gasteiger partial charge is 0.00971 e. The van der Waals surface area contributed by atoms with E-state index in [2.05, 4.69) is 41.1 Å². The third-order valence-corrected chi connectivity index (χ3v) is 2.87. The van der Waals surface area contributed by atoms with Gasteiger partial charge in [0.15, 0.2) is 0 Å². The molecule has 0 atom stereocenters. The van der Waals surface area contributed by atoms with E-state index < -0.39 is 0 Å². The Kier molecular flexibility index (Phi) is 3.93. The Bertz CT molecular complexity index is 203. The van der Waals surface area contributed by atoms with Gasteiger partial charge < -0.3 is 0 Å². The molecule has 1 rings (SSSR count). The van der Waals surface area contributed by atoms with Crippen LogP contribution in [0.4, 0.5) is 0 Å². The highest BCUT2D eigenvalue weighted by Crippen LogP contribution is 2.30. The van der Waals surface area contributed by atoms with E-state index in [0.29, 0.717) is 0 Å². The predicted molar refractivity (Wildman–Crippen MR) is 54.6 cm³/mol. The first-order valence-corrected chi connectivity index (χ1v) is 5.53. The molecule has 0 saturated carbocycles. The molecule has 60 valence electrons. The molecule has 11 heavy (non-hydrogen) atoms. The summed E-state index contributed by atoms with van der Waals surface area (Å²) in [7, 11) is -0.184. The van der Waals surface area contributed by atoms with Gasteiger partial charge in [0.05, 0.1) is 0 Å². The maximum Gasteiger partial charge on any atom is 0.00971 e. The van der Waals surface area contributed by atoms with Gasteiger partial charge in [0.25, 0.3) is 0 Å². The average molecular weight is 166 g/mol. The molecule has 1 aliphatic rings. The predicted octanol–water partition coefficient (Wildman–Crippen LogP) is 3.18. The fourth-order valence-electron chi connectivity index (χ4n) is 0.821. The van der Waals surface area contributed by atoms with Crippen LogP contribution in [-0.4, -0.2) is 0 Å². The molecule has 0 radical (unpaired) electrons. The van der Waals surface area contributed by atoms with Crippen molar-refractivity contribution >= 4 is 10.9 Å². The van der Waals surface area contributed by atoms with Gasteiger partial charge in [-0.05, 0) is 22.5 Å². The molecule has 0 spiro atoms. The third kappa shape index (κ3) is 3.34. The van der Waals surface area contributed by atoms with Crippen LogP contribution in [-0.2, 0) is 0 Å². The molecule has 0 aromatic heterocycles. The van der Waals surface area contributed by atoms with Crippen molar-refractivity contribution in [1.82, 2.24) is 0 Å². The molecule has 0 unspecified atom stereocenters. The summed E-state index contributed by atoms with van der Waals surface area (Å²) in [5, 5.41) is 7.64. The van der Waals surface area contributed by atoms with Crippen molar-refractivity contribution in [3.8, 4) is 11.2 Å². The molecular weight excluding hydrogens is 152 g/mol. The van der Waals surface area contributed by atoms with Gasteiger partial charge in [-0.15, -0.1) is 10.9 Å². The fourth-order valence-corrected chi connectivity index (χ4v) is 1.93. The van der Waals surface area contributed by atoms with Crippen molar-refractivity contribution in [3.63, 3.8) is 0 Å². The lowest BCUT2D eigenvalue weighted by Gasteiger charge is -1.95. The zero-order valence-corrected chi connectivity index (χ0v) is 7.77. The van der Waals surface area contributed by atoms with Crippen LogP contribution in [0.5, 0.6) is 0 Å². The van der Waals surface area contributed by atoms with Gasteiger partial charge in [0.1, 0.15) is 0 Å². The van der Waals surface area contributed by atoms with Crippen molar-refractivity contribution in [2.75, 3.05) is 0 Å². The van der Waals surface area contributed by atoms with Gasteiger partial charge in [0, 0.05) is 6.42 Å². The fraction of sp³-hybridized carbons (Fsp3) is 0.400. The van der Waals surface area contributed by atoms with Crippen LogP contribution in [0.25, 0.3) is 0 Å². The maximum absolute atomic E-state index is 3.26. The monoisotopic (exact) mass is 166 g/mol. The maximum atomic E-state index is 3.26. The summed E-state index contributed by atoms with van der Waals surface area (Å²) >= 11 is 0. The van der Waals surface area contributed by atoms with Crippen LogP contribution in [0.3, 0.4) is 0 Å². The second-order valence-electron chi connectivity index (χ2n) is 2.48. The molecule has 0 aliphatic carbocycles. The first-order valence-electron chi connectivity index (χ1n) is 4.05. The van der Waals surface area contributed by atoms with Gasteiger partial charge in [-0.25, -0.2) is 0 Å². The van der Waals surface area contributed by atoms with Crippen LogP contribution >= 0.6 is 10.9 Å². The Labute approximate surface area is 71.7 Å². The van der Waals surface area contributed by atoms with E-state index in [0.717, 1.165) is 6.42 Å². The number of unbranched alkanes of at least 4 members (excludes halogenated alkanes) is 2. The van der Waals surface area contributed by atoms with Crippen LogP contribution in [0, 0.1) is 11.2 Å². The third-order valence-electron chi connectivity index (χ3n) is 1.47. The minimum atomic E-state index is -0.184. The van der Waals surface area contributed by atoms with E-state index >= 15 is 0 Å². The van der Waals surface area contributed by atoms with Gasteiger partial charge in [0.2, 0.25) is 0 Å². The second kappa shape index (κ2) is 5.09. The largest absolute Gasteiger partial charge is 0.148 e. The molecule has 0 fully saturated rings. The van der Waals surface area contributed by atoms with Crippen LogP contribution in [0.15, 0.2) is 23.0 Å². The molecule has 1 heterocycles. The first kappa shape index (κ1) is 8.49. The number of allylic oxidation sites excluding steroid dienone is 2. The normalized spacial score (nSPS) is 16.6. The average Bonchev–Trinajstić information content (AvgIpc) is 2.50. The molecule has 0 aromatic rings. The van der Waals surface area contributed by atoms with E-state index in [1.165, 1.54) is 12.8 Å². The zero-order chi connectivity index (χ0) is 7.94. The van der Waals surface area contributed by atoms with Gasteiger partial charge in [-0.1, -0.05) is 31.4 Å². The van der Waals surface area contributed by atoms with E-state index in [1.807, 2.05) is 0 Å². The number of thiol groups is 1. The summed E-state index contributed by atoms with van der Waals surface area (Å²) in [6, 6.07) is 0. The van der Waals surface area contributed by atoms with Crippen LogP contribution in [0.2, 0.25) is 0 Å². The molecule has 1 aliphatic heterocycles. The topological polar surface area (TPSA) is 0 Å². The van der Waals surface area contributed by atoms with Crippen LogP contribution in [0.1, 0.15) is 26.2 Å². The summed E-state index contributed by atoms with van der Waals surface area (Å²) in [6.07, 6.45) is 7.72. The van der Waals surface area contributed by atoms with Crippen molar-refractivity contribution in [3.05, 3.63) is 23.0 Å². The standard InChI is InChI=1S/C10H14S/c1-2-3-4-5-8-11-9-6-7-10-11/h6-7,9-11H,2-4H2,1H3. The Morgan fingerprint density at radius 3 is 2.64 bits per heavy atom. The summed E-state index contributed by atoms with van der Waals surface area (Å²) < 4.78 is 0. The van der Waals surface area contributed by atoms with Crippen molar-refractivity contribution in [1.29, 1.82) is 0 Å². The first-order chi connectivity index (χ1) is 5.43. The molecule has 1 heteroatoms. The number of hydrogen-bond donors (Lipinski definition) is 1. The lowest BCUT2D eigenvalue weighted by atomic mass is 10.3. The number of hydrogen-bond acceptors (Lipinski definition) is 0. The van der Waals surface area contributed by atoms with E-state index in [1.54, 1.807) is 0 Å². The molecule has 0 amide bonds. The Hall–Kier alpha value is -0.610. The summed E-state index contributed by atoms with van der Waals surface area (Å²) in [6.45, 7) is 2.20. The quantitative estimate of drug-likeness (QED) is 0.363. The highest BCUT2D eigenvalue weighted by Gasteiger charge is 1.90. The zero-order valence-electron chi connectivity index (χ0n) is 6.88. The molecule has 0 bridgehead atoms. The minimum Gasteiger partial charge on any atom is -0.148 e. The lowest BCUT2D eigenvalue weighted by molar-refractivity contribution is 0.828. The molecular formula is C10H14S. The lowest BCUT2D eigenvalue weighted by Crippen LogP contribution is -1.66. The number of rotatable bonds is 2. The Morgan fingerprint density at radius 2 is 2.00 bits per heavy atom.